The van der Waals surface area contributed by atoms with Gasteiger partial charge in [-0.05, 0) is 55.0 Å². The quantitative estimate of drug-likeness (QED) is 0.320. The third-order valence-corrected chi connectivity index (χ3v) is 8.37. The van der Waals surface area contributed by atoms with Gasteiger partial charge in [0.1, 0.15) is 5.75 Å². The number of nitrogens with one attached hydrogen (secondary N) is 1. The molecule has 9 heteroatoms. The Bertz CT molecular complexity index is 1190. The first-order chi connectivity index (χ1) is 15.8. The summed E-state index contributed by atoms with van der Waals surface area (Å²) in [5.41, 5.74) is 2.06. The number of sulfonamides is 1. The van der Waals surface area contributed by atoms with Crippen molar-refractivity contribution in [3.8, 4) is 5.75 Å². The van der Waals surface area contributed by atoms with E-state index in [4.69, 9.17) is 0 Å². The summed E-state index contributed by atoms with van der Waals surface area (Å²) in [6.45, 7) is 4.88. The van der Waals surface area contributed by atoms with E-state index in [2.05, 4.69) is 17.5 Å². The molecule has 3 atom stereocenters. The molecule has 8 nitrogen and oxygen atoms in total. The van der Waals surface area contributed by atoms with Crippen molar-refractivity contribution in [1.29, 1.82) is 0 Å². The molecule has 1 aliphatic carbocycles. The predicted molar refractivity (Wildman–Crippen MR) is 127 cm³/mol. The Balaban J connectivity index is 1.74. The second-order valence-electron chi connectivity index (χ2n) is 8.63. The molecule has 0 fully saturated rings. The van der Waals surface area contributed by atoms with Gasteiger partial charge in [0.25, 0.3) is 5.69 Å². The Labute approximate surface area is 194 Å². The zero-order chi connectivity index (χ0) is 23.8. The number of nitro groups is 1. The van der Waals surface area contributed by atoms with E-state index in [1.54, 1.807) is 18.2 Å². The fraction of sp³-hybridized carbons (Fsp3) is 0.417. The van der Waals surface area contributed by atoms with E-state index in [0.29, 0.717) is 18.7 Å². The fourth-order valence-electron chi connectivity index (χ4n) is 4.95. The molecule has 2 aromatic carbocycles. The number of hydrogen-bond donors (Lipinski definition) is 2. The van der Waals surface area contributed by atoms with Crippen LogP contribution < -0.4 is 5.32 Å². The second-order valence-corrected chi connectivity index (χ2v) is 10.6. The van der Waals surface area contributed by atoms with Crippen molar-refractivity contribution in [2.75, 3.05) is 18.4 Å². The zero-order valence-electron chi connectivity index (χ0n) is 18.8. The maximum atomic E-state index is 13.3. The lowest BCUT2D eigenvalue weighted by molar-refractivity contribution is -0.385. The highest BCUT2D eigenvalue weighted by molar-refractivity contribution is 7.89. The molecule has 0 aromatic heterocycles. The monoisotopic (exact) mass is 471 g/mol. The third kappa shape index (κ3) is 4.22. The molecule has 1 heterocycles. The molecule has 2 N–H and O–H groups in total. The summed E-state index contributed by atoms with van der Waals surface area (Å²) in [5, 5.41) is 25.2. The first-order valence-electron chi connectivity index (χ1n) is 11.3. The van der Waals surface area contributed by atoms with Crippen molar-refractivity contribution in [3.63, 3.8) is 0 Å². The summed E-state index contributed by atoms with van der Waals surface area (Å²) in [6, 6.07) is 8.86. The van der Waals surface area contributed by atoms with E-state index in [1.807, 2.05) is 13.8 Å². The minimum absolute atomic E-state index is 0.00108. The van der Waals surface area contributed by atoms with Gasteiger partial charge < -0.3 is 10.4 Å². The van der Waals surface area contributed by atoms with Gasteiger partial charge in [-0.15, -0.1) is 0 Å². The number of phenolic OH excluding ortho intramolecular Hbond substituents is 1. The van der Waals surface area contributed by atoms with Crippen molar-refractivity contribution in [2.24, 2.45) is 5.92 Å². The minimum Gasteiger partial charge on any atom is -0.508 e. The summed E-state index contributed by atoms with van der Waals surface area (Å²) in [7, 11) is -3.61. The number of phenols is 1. The number of benzene rings is 2. The lowest BCUT2D eigenvalue weighted by atomic mass is 9.77. The van der Waals surface area contributed by atoms with Crippen LogP contribution in [-0.4, -0.2) is 35.8 Å². The maximum Gasteiger partial charge on any atom is 0.270 e. The Kier molecular flexibility index (Phi) is 6.45. The molecule has 33 heavy (non-hydrogen) atoms. The van der Waals surface area contributed by atoms with Crippen LogP contribution in [0, 0.1) is 16.0 Å². The van der Waals surface area contributed by atoms with Crippen molar-refractivity contribution < 1.29 is 18.4 Å². The molecule has 2 aliphatic rings. The topological polar surface area (TPSA) is 113 Å². The van der Waals surface area contributed by atoms with E-state index in [-0.39, 0.29) is 34.2 Å². The Morgan fingerprint density at radius 3 is 2.52 bits per heavy atom. The third-order valence-electron chi connectivity index (χ3n) is 6.48. The molecule has 0 spiro atoms. The lowest BCUT2D eigenvalue weighted by Gasteiger charge is -2.38. The number of nitrogens with zero attached hydrogens (tertiary/aromatic N) is 2. The summed E-state index contributed by atoms with van der Waals surface area (Å²) in [6.07, 6.45) is 6.33. The van der Waals surface area contributed by atoms with E-state index < -0.39 is 14.9 Å². The molecule has 0 saturated heterocycles. The van der Waals surface area contributed by atoms with E-state index in [1.165, 1.54) is 22.5 Å². The van der Waals surface area contributed by atoms with E-state index in [9.17, 15) is 23.6 Å². The highest BCUT2D eigenvalue weighted by Crippen LogP contribution is 2.51. The van der Waals surface area contributed by atoms with Gasteiger partial charge in [0.15, 0.2) is 0 Å². The van der Waals surface area contributed by atoms with Crippen LogP contribution >= 0.6 is 0 Å². The van der Waals surface area contributed by atoms with Crippen LogP contribution in [0.5, 0.6) is 5.75 Å². The average Bonchev–Trinajstić information content (AvgIpc) is 3.28. The van der Waals surface area contributed by atoms with Crippen LogP contribution in [0.2, 0.25) is 0 Å². The number of rotatable bonds is 8. The first kappa shape index (κ1) is 23.3. The van der Waals surface area contributed by atoms with Crippen LogP contribution in [0.4, 0.5) is 11.4 Å². The summed E-state index contributed by atoms with van der Waals surface area (Å²) in [5.74, 6) is -0.0437. The number of nitro benzene ring substituents is 1. The molecule has 0 radical (unpaired) electrons. The zero-order valence-corrected chi connectivity index (χ0v) is 19.6. The maximum absolute atomic E-state index is 13.3. The average molecular weight is 472 g/mol. The standard InChI is InChI=1S/C24H29N3O5S/c1-3-12-26(13-4-2)33(31,32)17-9-10-22-20(15-17)18-6-5-7-19(18)24(25-22)21-14-16(27(29)30)8-11-23(21)28/h5-6,8-11,14-15,18-19,24-25,28H,3-4,7,12-13H2,1-2H3. The molecule has 2 aromatic rings. The highest BCUT2D eigenvalue weighted by Gasteiger charge is 2.40. The number of non-ortho nitro benzene ring substituents is 1. The van der Waals surface area contributed by atoms with Crippen LogP contribution in [0.15, 0.2) is 53.4 Å². The number of hydrogen-bond acceptors (Lipinski definition) is 6. The second kappa shape index (κ2) is 9.15. The normalized spacial score (nSPS) is 21.5. The Morgan fingerprint density at radius 1 is 1.12 bits per heavy atom. The van der Waals surface area contributed by atoms with Gasteiger partial charge in [-0.2, -0.15) is 4.31 Å². The number of fused-ring (bicyclic) bond motifs is 3. The summed E-state index contributed by atoms with van der Waals surface area (Å²) < 4.78 is 28.2. The van der Waals surface area contributed by atoms with Crippen molar-refractivity contribution in [1.82, 2.24) is 4.31 Å². The van der Waals surface area contributed by atoms with Crippen LogP contribution in [-0.2, 0) is 10.0 Å². The Hall–Kier alpha value is -2.91. The number of allylic oxidation sites excluding steroid dienone is 2. The lowest BCUT2D eigenvalue weighted by Crippen LogP contribution is -2.33. The molecule has 4 rings (SSSR count). The largest absolute Gasteiger partial charge is 0.508 e. The van der Waals surface area contributed by atoms with Crippen molar-refractivity contribution >= 4 is 21.4 Å². The molecule has 176 valence electrons. The van der Waals surface area contributed by atoms with Crippen LogP contribution in [0.1, 0.15) is 56.2 Å². The minimum atomic E-state index is -3.61. The highest BCUT2D eigenvalue weighted by atomic mass is 32.2. The Morgan fingerprint density at radius 2 is 1.85 bits per heavy atom. The van der Waals surface area contributed by atoms with Gasteiger partial charge >= 0.3 is 0 Å². The van der Waals surface area contributed by atoms with Crippen molar-refractivity contribution in [2.45, 2.75) is 50.0 Å². The molecular formula is C24H29N3O5S. The molecule has 0 bridgehead atoms. The van der Waals surface area contributed by atoms with Crippen LogP contribution in [0.3, 0.4) is 0 Å². The molecule has 0 amide bonds. The summed E-state index contributed by atoms with van der Waals surface area (Å²) >= 11 is 0. The predicted octanol–water partition coefficient (Wildman–Crippen LogP) is 4.94. The smallest absolute Gasteiger partial charge is 0.270 e. The van der Waals surface area contributed by atoms with Crippen molar-refractivity contribution in [3.05, 3.63) is 69.8 Å². The van der Waals surface area contributed by atoms with Gasteiger partial charge in [0, 0.05) is 42.4 Å². The molecule has 1 aliphatic heterocycles. The number of anilines is 1. The first-order valence-corrected chi connectivity index (χ1v) is 12.8. The summed E-state index contributed by atoms with van der Waals surface area (Å²) in [4.78, 5) is 11.1. The molecule has 0 saturated carbocycles. The number of aromatic hydroxyl groups is 1. The molecule has 3 unspecified atom stereocenters. The van der Waals surface area contributed by atoms with Gasteiger partial charge in [-0.3, -0.25) is 10.1 Å². The van der Waals surface area contributed by atoms with Gasteiger partial charge in [-0.1, -0.05) is 26.0 Å². The van der Waals surface area contributed by atoms with E-state index in [0.717, 1.165) is 30.5 Å². The van der Waals surface area contributed by atoms with Gasteiger partial charge in [0.2, 0.25) is 10.0 Å². The molecular weight excluding hydrogens is 442 g/mol. The van der Waals surface area contributed by atoms with Crippen LogP contribution in [0.25, 0.3) is 0 Å². The SMILES string of the molecule is CCCN(CCC)S(=O)(=O)c1ccc2c(c1)C1C=CCC1C(c1cc([N+](=O)[O-])ccc1O)N2. The van der Waals surface area contributed by atoms with Gasteiger partial charge in [0.05, 0.1) is 15.9 Å². The van der Waals surface area contributed by atoms with Gasteiger partial charge in [-0.25, -0.2) is 8.42 Å². The fourth-order valence-corrected chi connectivity index (χ4v) is 6.61. The van der Waals surface area contributed by atoms with E-state index >= 15 is 0 Å².